The molecular weight excluding hydrogens is 789 g/mol. The first kappa shape index (κ1) is 60.8. The van der Waals surface area contributed by atoms with E-state index in [2.05, 4.69) is 111 Å². The summed E-state index contributed by atoms with van der Waals surface area (Å²) in [7, 11) is 0. The lowest BCUT2D eigenvalue weighted by molar-refractivity contribution is -0.161. The van der Waals surface area contributed by atoms with Crippen LogP contribution < -0.4 is 0 Å². The molecule has 0 aromatic heterocycles. The van der Waals surface area contributed by atoms with E-state index >= 15 is 0 Å². The molecule has 5 heteroatoms. The van der Waals surface area contributed by atoms with E-state index in [-0.39, 0.29) is 25.2 Å². The van der Waals surface area contributed by atoms with Crippen LogP contribution in [0.4, 0.5) is 0 Å². The number of allylic oxidation sites excluding steroid dienone is 16. The van der Waals surface area contributed by atoms with Gasteiger partial charge in [-0.3, -0.25) is 9.59 Å². The van der Waals surface area contributed by atoms with Gasteiger partial charge in [0.1, 0.15) is 6.61 Å². The molecule has 0 heterocycles. The number of rotatable bonds is 48. The van der Waals surface area contributed by atoms with E-state index < -0.39 is 6.10 Å². The number of aliphatic hydroxyl groups is 1. The smallest absolute Gasteiger partial charge is 0.306 e. The summed E-state index contributed by atoms with van der Waals surface area (Å²) in [5.74, 6) is -0.607. The lowest BCUT2D eigenvalue weighted by Crippen LogP contribution is -2.28. The molecular formula is C59H100O5. The highest BCUT2D eigenvalue weighted by Crippen LogP contribution is 2.15. The molecule has 1 N–H and O–H groups in total. The Balaban J connectivity index is 3.54. The van der Waals surface area contributed by atoms with Crippen molar-refractivity contribution in [3.63, 3.8) is 0 Å². The number of carbonyl (C=O) groups excluding carboxylic acids is 2. The second kappa shape index (κ2) is 54.2. The highest BCUT2D eigenvalue weighted by molar-refractivity contribution is 5.70. The Morgan fingerprint density at radius 3 is 1.02 bits per heavy atom. The summed E-state index contributed by atoms with van der Waals surface area (Å²) in [5.41, 5.74) is 0. The number of hydrogen-bond acceptors (Lipinski definition) is 5. The number of aliphatic hydroxyl groups excluding tert-OH is 1. The first-order valence-corrected chi connectivity index (χ1v) is 26.8. The van der Waals surface area contributed by atoms with Gasteiger partial charge in [0.15, 0.2) is 6.10 Å². The maximum atomic E-state index is 12.3. The van der Waals surface area contributed by atoms with Gasteiger partial charge in [-0.2, -0.15) is 0 Å². The lowest BCUT2D eigenvalue weighted by atomic mass is 10.0. The van der Waals surface area contributed by atoms with E-state index in [0.717, 1.165) is 89.9 Å². The fourth-order valence-electron chi connectivity index (χ4n) is 7.35. The monoisotopic (exact) mass is 889 g/mol. The summed E-state index contributed by atoms with van der Waals surface area (Å²) >= 11 is 0. The van der Waals surface area contributed by atoms with Crippen LogP contribution in [-0.4, -0.2) is 36.4 Å². The minimum absolute atomic E-state index is 0.0769. The highest BCUT2D eigenvalue weighted by atomic mass is 16.6. The molecule has 0 radical (unpaired) electrons. The molecule has 0 amide bonds. The molecule has 0 aromatic carbocycles. The molecule has 64 heavy (non-hydrogen) atoms. The fraction of sp³-hybridized carbons (Fsp3) is 0.695. The van der Waals surface area contributed by atoms with Crippen LogP contribution in [0.2, 0.25) is 0 Å². The van der Waals surface area contributed by atoms with Crippen LogP contribution in [0.1, 0.15) is 245 Å². The van der Waals surface area contributed by atoms with Crippen molar-refractivity contribution in [1.82, 2.24) is 0 Å². The summed E-state index contributed by atoms with van der Waals surface area (Å²) in [6.45, 7) is 4.01. The van der Waals surface area contributed by atoms with Crippen molar-refractivity contribution in [2.75, 3.05) is 13.2 Å². The third-order valence-corrected chi connectivity index (χ3v) is 11.4. The molecule has 0 saturated heterocycles. The molecule has 0 saturated carbocycles. The average molecular weight is 889 g/mol. The normalized spacial score (nSPS) is 13.0. The number of esters is 2. The van der Waals surface area contributed by atoms with Crippen molar-refractivity contribution < 1.29 is 24.2 Å². The second-order valence-corrected chi connectivity index (χ2v) is 17.6. The minimum Gasteiger partial charge on any atom is -0.462 e. The Bertz CT molecular complexity index is 1230. The van der Waals surface area contributed by atoms with Crippen molar-refractivity contribution in [3.05, 3.63) is 97.2 Å². The largest absolute Gasteiger partial charge is 0.462 e. The quantitative estimate of drug-likeness (QED) is 0.0374. The van der Waals surface area contributed by atoms with Crippen LogP contribution >= 0.6 is 0 Å². The topological polar surface area (TPSA) is 72.8 Å². The van der Waals surface area contributed by atoms with Gasteiger partial charge in [-0.1, -0.05) is 233 Å². The maximum absolute atomic E-state index is 12.3. The zero-order chi connectivity index (χ0) is 46.3. The summed E-state index contributed by atoms with van der Waals surface area (Å²) in [6.07, 6.45) is 76.5. The van der Waals surface area contributed by atoms with E-state index in [0.29, 0.717) is 12.8 Å². The predicted molar refractivity (Wildman–Crippen MR) is 279 cm³/mol. The van der Waals surface area contributed by atoms with Gasteiger partial charge in [0.2, 0.25) is 0 Å². The van der Waals surface area contributed by atoms with Crippen molar-refractivity contribution >= 4 is 11.9 Å². The van der Waals surface area contributed by atoms with Gasteiger partial charge < -0.3 is 14.6 Å². The van der Waals surface area contributed by atoms with Gasteiger partial charge in [0, 0.05) is 12.8 Å². The van der Waals surface area contributed by atoms with Gasteiger partial charge >= 0.3 is 11.9 Å². The van der Waals surface area contributed by atoms with E-state index in [9.17, 15) is 14.7 Å². The zero-order valence-corrected chi connectivity index (χ0v) is 41.8. The second-order valence-electron chi connectivity index (χ2n) is 17.6. The molecule has 0 fully saturated rings. The Morgan fingerprint density at radius 1 is 0.375 bits per heavy atom. The van der Waals surface area contributed by atoms with Crippen LogP contribution in [0.25, 0.3) is 0 Å². The maximum Gasteiger partial charge on any atom is 0.306 e. The van der Waals surface area contributed by atoms with Crippen molar-refractivity contribution in [3.8, 4) is 0 Å². The number of hydrogen-bond donors (Lipinski definition) is 1. The first-order chi connectivity index (χ1) is 31.6. The van der Waals surface area contributed by atoms with E-state index in [1.54, 1.807) is 0 Å². The third kappa shape index (κ3) is 51.5. The molecule has 0 spiro atoms. The van der Waals surface area contributed by atoms with Gasteiger partial charge in [-0.05, 0) is 96.3 Å². The van der Waals surface area contributed by atoms with Crippen LogP contribution in [-0.2, 0) is 19.1 Å². The molecule has 0 aromatic rings. The lowest BCUT2D eigenvalue weighted by Gasteiger charge is -2.15. The molecule has 1 unspecified atom stereocenters. The average Bonchev–Trinajstić information content (AvgIpc) is 3.30. The molecule has 1 atom stereocenters. The fourth-order valence-corrected chi connectivity index (χ4v) is 7.35. The van der Waals surface area contributed by atoms with Crippen LogP contribution in [0.5, 0.6) is 0 Å². The molecule has 0 aliphatic rings. The van der Waals surface area contributed by atoms with Gasteiger partial charge in [0.05, 0.1) is 6.61 Å². The molecule has 0 bridgehead atoms. The summed E-state index contributed by atoms with van der Waals surface area (Å²) in [6, 6.07) is 0. The van der Waals surface area contributed by atoms with Crippen molar-refractivity contribution in [2.45, 2.75) is 251 Å². The zero-order valence-electron chi connectivity index (χ0n) is 41.8. The molecule has 366 valence electrons. The SMILES string of the molecule is CC/C=C\C/C=C\C/C=C\C/C=C\C/C=C\CCCCCCCCCCCCCCCC(=O)OC(CO)COC(=O)CCCCCCCC/C=C\C/C=C\C/C=C\CCCCCCC. The molecule has 0 rings (SSSR count). The number of unbranched alkanes of at least 4 members (excludes halogenated alkanes) is 24. The minimum atomic E-state index is -0.784. The van der Waals surface area contributed by atoms with Gasteiger partial charge in [-0.25, -0.2) is 0 Å². The van der Waals surface area contributed by atoms with Crippen LogP contribution in [0.15, 0.2) is 97.2 Å². The Labute approximate surface area is 396 Å². The van der Waals surface area contributed by atoms with E-state index in [4.69, 9.17) is 9.47 Å². The Morgan fingerprint density at radius 2 is 0.672 bits per heavy atom. The number of carbonyl (C=O) groups is 2. The molecule has 5 nitrogen and oxygen atoms in total. The van der Waals surface area contributed by atoms with E-state index in [1.165, 1.54) is 128 Å². The first-order valence-electron chi connectivity index (χ1n) is 26.8. The molecule has 0 aliphatic carbocycles. The Hall–Kier alpha value is -3.18. The van der Waals surface area contributed by atoms with Crippen LogP contribution in [0, 0.1) is 0 Å². The Kier molecular flexibility index (Phi) is 51.5. The van der Waals surface area contributed by atoms with Gasteiger partial charge in [0.25, 0.3) is 0 Å². The number of ether oxygens (including phenoxy) is 2. The third-order valence-electron chi connectivity index (χ3n) is 11.4. The summed E-state index contributed by atoms with van der Waals surface area (Å²) in [4.78, 5) is 24.5. The summed E-state index contributed by atoms with van der Waals surface area (Å²) < 4.78 is 10.7. The van der Waals surface area contributed by atoms with Crippen molar-refractivity contribution in [2.24, 2.45) is 0 Å². The molecule has 0 aliphatic heterocycles. The van der Waals surface area contributed by atoms with Crippen molar-refractivity contribution in [1.29, 1.82) is 0 Å². The van der Waals surface area contributed by atoms with E-state index in [1.807, 2.05) is 0 Å². The highest BCUT2D eigenvalue weighted by Gasteiger charge is 2.16. The van der Waals surface area contributed by atoms with Crippen LogP contribution in [0.3, 0.4) is 0 Å². The van der Waals surface area contributed by atoms with Gasteiger partial charge in [-0.15, -0.1) is 0 Å². The predicted octanol–water partition coefficient (Wildman–Crippen LogP) is 18.0. The summed E-state index contributed by atoms with van der Waals surface area (Å²) in [5, 5.41) is 9.64. The standard InChI is InChI=1S/C59H100O5/c1-3-5-7-9-11-13-15-17-19-21-23-25-26-27-28-29-30-31-32-34-36-38-40-42-44-46-48-50-52-54-59(62)64-57(55-60)56-63-58(61)53-51-49-47-45-43-41-39-37-35-33-24-22-20-18-16-14-12-10-8-6-4-2/h5,7,11,13,16-19,22-25,27-28,35,37,57,60H,3-4,6,8-10,12,14-15,20-21,26,29-34,36,38-56H2,1-2H3/b7-5-,13-11-,18-16-,19-17-,24-22-,25-23-,28-27-,37-35-.